The summed E-state index contributed by atoms with van der Waals surface area (Å²) in [6.45, 7) is 4.96. The molecule has 1 saturated heterocycles. The van der Waals surface area contributed by atoms with E-state index in [1.807, 2.05) is 18.2 Å². The Kier molecular flexibility index (Phi) is 5.87. The van der Waals surface area contributed by atoms with Crippen LogP contribution in [0.4, 0.5) is 0 Å². The third kappa shape index (κ3) is 4.04. The Hall–Kier alpha value is -2.42. The molecule has 26 heavy (non-hydrogen) atoms. The molecule has 3 heterocycles. The quantitative estimate of drug-likeness (QED) is 0.539. The van der Waals surface area contributed by atoms with E-state index in [9.17, 15) is 9.59 Å². The molecule has 3 rings (SSSR count). The zero-order valence-electron chi connectivity index (χ0n) is 14.8. The number of hydrogen-bond acceptors (Lipinski definition) is 7. The van der Waals surface area contributed by atoms with Gasteiger partial charge in [0.05, 0.1) is 13.2 Å². The molecule has 1 aliphatic heterocycles. The first-order valence-electron chi connectivity index (χ1n) is 8.57. The van der Waals surface area contributed by atoms with Crippen LogP contribution in [0.5, 0.6) is 0 Å². The fourth-order valence-corrected chi connectivity index (χ4v) is 3.58. The van der Waals surface area contributed by atoms with Crippen LogP contribution >= 0.6 is 11.8 Å². The summed E-state index contributed by atoms with van der Waals surface area (Å²) in [5.74, 6) is 1.09. The predicted molar refractivity (Wildman–Crippen MR) is 95.8 cm³/mol. The van der Waals surface area contributed by atoms with Crippen molar-refractivity contribution in [1.29, 1.82) is 0 Å². The van der Waals surface area contributed by atoms with Crippen LogP contribution in [0.2, 0.25) is 0 Å². The second kappa shape index (κ2) is 8.31. The summed E-state index contributed by atoms with van der Waals surface area (Å²) in [7, 11) is 0. The Morgan fingerprint density at radius 2 is 2.23 bits per heavy atom. The van der Waals surface area contributed by atoms with E-state index < -0.39 is 5.25 Å². The maximum absolute atomic E-state index is 12.0. The Bertz CT molecular complexity index is 780. The van der Waals surface area contributed by atoms with Crippen molar-refractivity contribution in [3.63, 3.8) is 0 Å². The number of ether oxygens (including phenoxy) is 1. The number of carbonyl (C=O) groups excluding carboxylic acids is 2. The van der Waals surface area contributed by atoms with Gasteiger partial charge in [-0.3, -0.25) is 14.2 Å². The molecule has 0 bridgehead atoms. The van der Waals surface area contributed by atoms with Gasteiger partial charge in [-0.2, -0.15) is 0 Å². The number of carbonyl (C=O) groups is 2. The van der Waals surface area contributed by atoms with E-state index >= 15 is 0 Å². The van der Waals surface area contributed by atoms with Crippen LogP contribution in [0.15, 0.2) is 29.6 Å². The van der Waals surface area contributed by atoms with Gasteiger partial charge in [0.2, 0.25) is 5.91 Å². The van der Waals surface area contributed by atoms with Crippen molar-refractivity contribution in [3.05, 3.63) is 30.2 Å². The molecule has 1 amide bonds. The van der Waals surface area contributed by atoms with Gasteiger partial charge in [-0.15, -0.1) is 10.2 Å². The molecule has 2 aromatic rings. The first-order valence-corrected chi connectivity index (χ1v) is 9.45. The zero-order chi connectivity index (χ0) is 18.5. The van der Waals surface area contributed by atoms with Crippen LogP contribution in [-0.2, 0) is 20.9 Å². The van der Waals surface area contributed by atoms with Gasteiger partial charge in [0, 0.05) is 19.2 Å². The van der Waals surface area contributed by atoms with Crippen molar-refractivity contribution in [2.45, 2.75) is 43.6 Å². The second-order valence-electron chi connectivity index (χ2n) is 5.85. The van der Waals surface area contributed by atoms with Crippen LogP contribution in [0.3, 0.4) is 0 Å². The lowest BCUT2D eigenvalue weighted by Gasteiger charge is -2.16. The fourth-order valence-electron chi connectivity index (χ4n) is 2.70. The third-order valence-electron chi connectivity index (χ3n) is 3.98. The minimum atomic E-state index is -0.428. The van der Waals surface area contributed by atoms with Gasteiger partial charge in [-0.05, 0) is 32.4 Å². The Morgan fingerprint density at radius 3 is 2.88 bits per heavy atom. The van der Waals surface area contributed by atoms with Gasteiger partial charge in [0.25, 0.3) is 0 Å². The fraction of sp³-hybridized carbons (Fsp3) is 0.471. The maximum Gasteiger partial charge on any atom is 0.319 e. The highest BCUT2D eigenvalue weighted by Gasteiger charge is 2.26. The number of likely N-dealkylation sites (tertiary alicyclic amines) is 1. The van der Waals surface area contributed by atoms with Gasteiger partial charge in [0.1, 0.15) is 11.1 Å². The van der Waals surface area contributed by atoms with Crippen molar-refractivity contribution in [2.24, 2.45) is 0 Å². The first-order chi connectivity index (χ1) is 12.6. The zero-order valence-corrected chi connectivity index (χ0v) is 15.6. The van der Waals surface area contributed by atoms with Crippen LogP contribution in [0, 0.1) is 0 Å². The van der Waals surface area contributed by atoms with E-state index in [1.54, 1.807) is 29.5 Å². The van der Waals surface area contributed by atoms with Crippen molar-refractivity contribution in [1.82, 2.24) is 24.6 Å². The van der Waals surface area contributed by atoms with Crippen molar-refractivity contribution in [2.75, 3.05) is 13.2 Å². The SMILES string of the molecule is CCOC(=O)C(C)Sc1nnc(CN2CCCC2=O)n1-c1ccccn1. The summed E-state index contributed by atoms with van der Waals surface area (Å²) in [6.07, 6.45) is 3.11. The molecule has 1 unspecified atom stereocenters. The van der Waals surface area contributed by atoms with E-state index in [1.165, 1.54) is 11.8 Å². The average Bonchev–Trinajstić information content (AvgIpc) is 3.22. The number of rotatable bonds is 7. The number of aromatic nitrogens is 4. The lowest BCUT2D eigenvalue weighted by atomic mass is 10.4. The van der Waals surface area contributed by atoms with E-state index in [0.717, 1.165) is 13.0 Å². The predicted octanol–water partition coefficient (Wildman–Crippen LogP) is 1.83. The normalized spacial score (nSPS) is 15.3. The minimum Gasteiger partial charge on any atom is -0.465 e. The van der Waals surface area contributed by atoms with Crippen LogP contribution < -0.4 is 0 Å². The highest BCUT2D eigenvalue weighted by molar-refractivity contribution is 8.00. The van der Waals surface area contributed by atoms with Gasteiger partial charge >= 0.3 is 5.97 Å². The number of esters is 1. The largest absolute Gasteiger partial charge is 0.465 e. The number of amides is 1. The first kappa shape index (κ1) is 18.4. The smallest absolute Gasteiger partial charge is 0.319 e. The van der Waals surface area contributed by atoms with E-state index in [4.69, 9.17) is 4.74 Å². The molecule has 1 atom stereocenters. The molecule has 0 aliphatic carbocycles. The summed E-state index contributed by atoms with van der Waals surface area (Å²) in [5.41, 5.74) is 0. The lowest BCUT2D eigenvalue weighted by molar-refractivity contribution is -0.142. The Labute approximate surface area is 155 Å². The third-order valence-corrected chi connectivity index (χ3v) is 5.00. The van der Waals surface area contributed by atoms with Crippen LogP contribution in [0.25, 0.3) is 5.82 Å². The second-order valence-corrected chi connectivity index (χ2v) is 7.16. The number of thioether (sulfide) groups is 1. The van der Waals surface area contributed by atoms with Crippen molar-refractivity contribution < 1.29 is 14.3 Å². The highest BCUT2D eigenvalue weighted by atomic mass is 32.2. The molecule has 0 N–H and O–H groups in total. The standard InChI is InChI=1S/C17H21N5O3S/c1-3-25-16(24)12(2)26-17-20-19-14(11-21-10-6-8-15(21)23)22(17)13-7-4-5-9-18-13/h4-5,7,9,12H,3,6,8,10-11H2,1-2H3. The van der Waals surface area contributed by atoms with Gasteiger partial charge < -0.3 is 9.64 Å². The van der Waals surface area contributed by atoms with E-state index in [0.29, 0.717) is 36.4 Å². The van der Waals surface area contributed by atoms with Gasteiger partial charge in [0.15, 0.2) is 11.0 Å². The van der Waals surface area contributed by atoms with E-state index in [2.05, 4.69) is 15.2 Å². The summed E-state index contributed by atoms with van der Waals surface area (Å²) >= 11 is 1.26. The summed E-state index contributed by atoms with van der Waals surface area (Å²) < 4.78 is 6.86. The number of pyridine rings is 1. The van der Waals surface area contributed by atoms with E-state index in [-0.39, 0.29) is 11.9 Å². The van der Waals surface area contributed by atoms with Gasteiger partial charge in [-0.25, -0.2) is 4.98 Å². The maximum atomic E-state index is 12.0. The molecule has 0 radical (unpaired) electrons. The van der Waals surface area contributed by atoms with Crippen LogP contribution in [0.1, 0.15) is 32.5 Å². The molecule has 1 aliphatic rings. The monoisotopic (exact) mass is 375 g/mol. The number of nitrogens with zero attached hydrogens (tertiary/aromatic N) is 5. The van der Waals surface area contributed by atoms with Crippen molar-refractivity contribution >= 4 is 23.6 Å². The molecule has 1 fully saturated rings. The molecular weight excluding hydrogens is 354 g/mol. The molecule has 9 heteroatoms. The molecule has 138 valence electrons. The molecule has 0 aromatic carbocycles. The van der Waals surface area contributed by atoms with Crippen LogP contribution in [-0.4, -0.2) is 54.9 Å². The summed E-state index contributed by atoms with van der Waals surface area (Å²) in [6, 6.07) is 5.54. The Balaban J connectivity index is 1.89. The molecular formula is C17H21N5O3S. The molecule has 0 spiro atoms. The molecule has 8 nitrogen and oxygen atoms in total. The summed E-state index contributed by atoms with van der Waals surface area (Å²) in [5, 5.41) is 8.61. The molecule has 0 saturated carbocycles. The topological polar surface area (TPSA) is 90.2 Å². The summed E-state index contributed by atoms with van der Waals surface area (Å²) in [4.78, 5) is 30.1. The van der Waals surface area contributed by atoms with Gasteiger partial charge in [-0.1, -0.05) is 17.8 Å². The average molecular weight is 375 g/mol. The van der Waals surface area contributed by atoms with Crippen molar-refractivity contribution in [3.8, 4) is 5.82 Å². The minimum absolute atomic E-state index is 0.120. The molecule has 2 aromatic heterocycles. The highest BCUT2D eigenvalue weighted by Crippen LogP contribution is 2.26. The Morgan fingerprint density at radius 1 is 1.38 bits per heavy atom. The number of hydrogen-bond donors (Lipinski definition) is 0. The lowest BCUT2D eigenvalue weighted by Crippen LogP contribution is -2.26.